The Hall–Kier alpha value is -1.71. The fourth-order valence-corrected chi connectivity index (χ4v) is 3.02. The zero-order chi connectivity index (χ0) is 14.0. The third kappa shape index (κ3) is 3.19. The van der Waals surface area contributed by atoms with Crippen LogP contribution in [0.2, 0.25) is 0 Å². The van der Waals surface area contributed by atoms with Gasteiger partial charge in [-0.05, 0) is 19.1 Å². The molecule has 102 valence electrons. The van der Waals surface area contributed by atoms with Crippen molar-refractivity contribution in [2.45, 2.75) is 18.6 Å². The van der Waals surface area contributed by atoms with E-state index in [1.165, 1.54) is 11.3 Å². The molecule has 2 aromatic rings. The standard InChI is InChI=1S/C10H10N2O5S2/c1-6-4-11-8(18-6)5-12-19(15,16)9-3-2-7(17-9)10(13)14/h2-4,12H,5H2,1H3,(H,13,14). The van der Waals surface area contributed by atoms with E-state index < -0.39 is 26.8 Å². The molecule has 0 unspecified atom stereocenters. The molecule has 0 aliphatic carbocycles. The van der Waals surface area contributed by atoms with Crippen molar-refractivity contribution in [1.82, 2.24) is 9.71 Å². The molecule has 0 aliphatic heterocycles. The van der Waals surface area contributed by atoms with Gasteiger partial charge >= 0.3 is 5.97 Å². The van der Waals surface area contributed by atoms with Gasteiger partial charge in [-0.25, -0.2) is 22.9 Å². The minimum atomic E-state index is -3.88. The summed E-state index contributed by atoms with van der Waals surface area (Å²) in [5.74, 6) is -1.75. The van der Waals surface area contributed by atoms with Crippen LogP contribution in [-0.2, 0) is 16.6 Å². The average Bonchev–Trinajstić information content (AvgIpc) is 2.95. The van der Waals surface area contributed by atoms with Crippen molar-refractivity contribution in [3.05, 3.63) is 34.0 Å². The lowest BCUT2D eigenvalue weighted by Gasteiger charge is -2.01. The molecule has 0 saturated carbocycles. The number of carboxylic acids is 1. The van der Waals surface area contributed by atoms with Crippen molar-refractivity contribution >= 4 is 27.3 Å². The van der Waals surface area contributed by atoms with Gasteiger partial charge in [0.1, 0.15) is 5.01 Å². The molecule has 2 rings (SSSR count). The zero-order valence-corrected chi connectivity index (χ0v) is 11.4. The van der Waals surface area contributed by atoms with Gasteiger partial charge in [0, 0.05) is 11.1 Å². The van der Waals surface area contributed by atoms with Gasteiger partial charge in [-0.15, -0.1) is 11.3 Å². The lowest BCUT2D eigenvalue weighted by Crippen LogP contribution is -2.22. The number of nitrogens with one attached hydrogen (secondary N) is 1. The summed E-state index contributed by atoms with van der Waals surface area (Å²) in [6, 6.07) is 2.18. The number of hydrogen-bond acceptors (Lipinski definition) is 6. The van der Waals surface area contributed by atoms with Gasteiger partial charge in [-0.3, -0.25) is 0 Å². The number of furan rings is 1. The van der Waals surface area contributed by atoms with Crippen LogP contribution in [0.15, 0.2) is 27.8 Å². The lowest BCUT2D eigenvalue weighted by atomic mass is 10.5. The highest BCUT2D eigenvalue weighted by atomic mass is 32.2. The van der Waals surface area contributed by atoms with E-state index in [4.69, 9.17) is 9.52 Å². The van der Waals surface area contributed by atoms with Gasteiger partial charge in [-0.1, -0.05) is 0 Å². The third-order valence-electron chi connectivity index (χ3n) is 2.14. The molecule has 0 atom stereocenters. The van der Waals surface area contributed by atoms with Crippen molar-refractivity contribution in [2.75, 3.05) is 0 Å². The van der Waals surface area contributed by atoms with Gasteiger partial charge in [0.25, 0.3) is 10.0 Å². The first kappa shape index (κ1) is 13.7. The molecule has 2 aromatic heterocycles. The molecule has 2 N–H and O–H groups in total. The minimum Gasteiger partial charge on any atom is -0.475 e. The van der Waals surface area contributed by atoms with Gasteiger partial charge in [0.05, 0.1) is 6.54 Å². The molecule has 0 aliphatic rings. The first-order valence-corrected chi connectivity index (χ1v) is 7.42. The van der Waals surface area contributed by atoms with E-state index in [2.05, 4.69) is 9.71 Å². The first-order valence-electron chi connectivity index (χ1n) is 5.12. The molecule has 9 heteroatoms. The third-order valence-corrected chi connectivity index (χ3v) is 4.33. The van der Waals surface area contributed by atoms with E-state index in [0.29, 0.717) is 5.01 Å². The highest BCUT2D eigenvalue weighted by molar-refractivity contribution is 7.89. The number of thiazole rings is 1. The minimum absolute atomic E-state index is 0.0317. The number of rotatable bonds is 5. The molecule has 0 bridgehead atoms. The number of hydrogen-bond donors (Lipinski definition) is 2. The number of aromatic carboxylic acids is 1. The predicted octanol–water partition coefficient (Wildman–Crippen LogP) is 1.22. The van der Waals surface area contributed by atoms with Crippen LogP contribution < -0.4 is 4.72 Å². The van der Waals surface area contributed by atoms with E-state index >= 15 is 0 Å². The monoisotopic (exact) mass is 302 g/mol. The number of aromatic nitrogens is 1. The Balaban J connectivity index is 2.11. The number of carboxylic acid groups (broad SMARTS) is 1. The molecule has 2 heterocycles. The lowest BCUT2D eigenvalue weighted by molar-refractivity contribution is 0.0656. The van der Waals surface area contributed by atoms with Crippen LogP contribution in [0.3, 0.4) is 0 Å². The molecule has 19 heavy (non-hydrogen) atoms. The maximum atomic E-state index is 11.8. The van der Waals surface area contributed by atoms with E-state index in [0.717, 1.165) is 17.0 Å². The van der Waals surface area contributed by atoms with Crippen LogP contribution in [0.5, 0.6) is 0 Å². The van der Waals surface area contributed by atoms with Crippen LogP contribution >= 0.6 is 11.3 Å². The van der Waals surface area contributed by atoms with E-state index in [-0.39, 0.29) is 6.54 Å². The predicted molar refractivity (Wildman–Crippen MR) is 66.5 cm³/mol. The summed E-state index contributed by atoms with van der Waals surface area (Å²) < 4.78 is 30.7. The van der Waals surface area contributed by atoms with Crippen LogP contribution in [0.25, 0.3) is 0 Å². The van der Waals surface area contributed by atoms with Crippen LogP contribution in [-0.4, -0.2) is 24.5 Å². The van der Waals surface area contributed by atoms with E-state index in [1.54, 1.807) is 6.20 Å². The molecule has 0 amide bonds. The number of sulfonamides is 1. The topological polar surface area (TPSA) is 110 Å². The summed E-state index contributed by atoms with van der Waals surface area (Å²) in [7, 11) is -3.88. The number of aryl methyl sites for hydroxylation is 1. The van der Waals surface area contributed by atoms with Gasteiger partial charge in [0.15, 0.2) is 0 Å². The van der Waals surface area contributed by atoms with Crippen molar-refractivity contribution in [3.8, 4) is 0 Å². The summed E-state index contributed by atoms with van der Waals surface area (Å²) >= 11 is 1.37. The first-order chi connectivity index (χ1) is 8.88. The molecule has 0 spiro atoms. The summed E-state index contributed by atoms with van der Waals surface area (Å²) in [4.78, 5) is 15.6. The average molecular weight is 302 g/mol. The summed E-state index contributed by atoms with van der Waals surface area (Å²) in [5.41, 5.74) is 0. The molecule has 0 radical (unpaired) electrons. The van der Waals surface area contributed by atoms with Gasteiger partial charge < -0.3 is 9.52 Å². The second-order valence-corrected chi connectivity index (χ2v) is 6.63. The van der Waals surface area contributed by atoms with Crippen molar-refractivity contribution in [3.63, 3.8) is 0 Å². The second-order valence-electron chi connectivity index (χ2n) is 3.61. The van der Waals surface area contributed by atoms with Crippen molar-refractivity contribution in [2.24, 2.45) is 0 Å². The van der Waals surface area contributed by atoms with Crippen LogP contribution in [0.4, 0.5) is 0 Å². The Kier molecular flexibility index (Phi) is 3.69. The van der Waals surface area contributed by atoms with Crippen LogP contribution in [0, 0.1) is 6.92 Å². The Labute approximate surface area is 113 Å². The molecule has 0 aromatic carbocycles. The fraction of sp³-hybridized carbons (Fsp3) is 0.200. The molecule has 7 nitrogen and oxygen atoms in total. The van der Waals surface area contributed by atoms with Gasteiger partial charge in [-0.2, -0.15) is 0 Å². The van der Waals surface area contributed by atoms with E-state index in [9.17, 15) is 13.2 Å². The highest BCUT2D eigenvalue weighted by Crippen LogP contribution is 2.15. The Morgan fingerprint density at radius 2 is 2.26 bits per heavy atom. The number of carbonyl (C=O) groups is 1. The van der Waals surface area contributed by atoms with Crippen LogP contribution in [0.1, 0.15) is 20.4 Å². The van der Waals surface area contributed by atoms with E-state index in [1.807, 2.05) is 6.92 Å². The zero-order valence-electron chi connectivity index (χ0n) is 9.78. The summed E-state index contributed by atoms with van der Waals surface area (Å²) in [6.45, 7) is 1.89. The van der Waals surface area contributed by atoms with Crippen molar-refractivity contribution in [1.29, 1.82) is 0 Å². The highest BCUT2D eigenvalue weighted by Gasteiger charge is 2.21. The summed E-state index contributed by atoms with van der Waals surface area (Å²) in [5, 5.41) is 8.84. The smallest absolute Gasteiger partial charge is 0.371 e. The Morgan fingerprint density at radius 1 is 1.53 bits per heavy atom. The molecular weight excluding hydrogens is 292 g/mol. The Morgan fingerprint density at radius 3 is 2.79 bits per heavy atom. The quantitative estimate of drug-likeness (QED) is 0.859. The second kappa shape index (κ2) is 5.11. The fourth-order valence-electron chi connectivity index (χ4n) is 1.29. The Bertz CT molecular complexity index is 701. The number of nitrogens with zero attached hydrogens (tertiary/aromatic N) is 1. The largest absolute Gasteiger partial charge is 0.475 e. The SMILES string of the molecule is Cc1cnc(CNS(=O)(=O)c2ccc(C(=O)O)o2)s1. The van der Waals surface area contributed by atoms with Crippen molar-refractivity contribution < 1.29 is 22.7 Å². The molecule has 0 fully saturated rings. The maximum Gasteiger partial charge on any atom is 0.371 e. The molecular formula is C10H10N2O5S2. The molecule has 0 saturated heterocycles. The maximum absolute atomic E-state index is 11.8. The van der Waals surface area contributed by atoms with Gasteiger partial charge in [0.2, 0.25) is 10.9 Å². The summed E-state index contributed by atoms with van der Waals surface area (Å²) in [6.07, 6.45) is 1.64. The normalized spacial score (nSPS) is 11.6.